The van der Waals surface area contributed by atoms with Crippen LogP contribution in [0, 0.1) is 6.92 Å². The second kappa shape index (κ2) is 2.39. The third-order valence-corrected chi connectivity index (χ3v) is 2.99. The highest BCUT2D eigenvalue weighted by molar-refractivity contribution is 7.33. The molecule has 0 fully saturated rings. The fraction of sp³-hybridized carbons (Fsp3) is 0.125. The predicted octanol–water partition coefficient (Wildman–Crippen LogP) is 1.74. The molecule has 0 radical (unpaired) electrons. The maximum absolute atomic E-state index is 5.75. The number of aromatic nitrogens is 1. The zero-order chi connectivity index (χ0) is 8.72. The van der Waals surface area contributed by atoms with E-state index >= 15 is 0 Å². The molecule has 0 aliphatic rings. The van der Waals surface area contributed by atoms with Gasteiger partial charge < -0.3 is 11.5 Å². The lowest BCUT2D eigenvalue weighted by atomic mass is 10.1. The zero-order valence-corrected chi connectivity index (χ0v) is 7.76. The highest BCUT2D eigenvalue weighted by atomic mass is 31.0. The Morgan fingerprint density at radius 3 is 2.83 bits per heavy atom. The van der Waals surface area contributed by atoms with Gasteiger partial charge >= 0.3 is 0 Å². The van der Waals surface area contributed by atoms with Gasteiger partial charge in [-0.1, -0.05) is 0 Å². The maximum atomic E-state index is 5.75. The molecule has 2 aromatic rings. The number of anilines is 2. The minimum atomic E-state index is 0.436. The van der Waals surface area contributed by atoms with Crippen LogP contribution < -0.4 is 11.5 Å². The normalized spacial score (nSPS) is 11.4. The summed E-state index contributed by atoms with van der Waals surface area (Å²) in [5.41, 5.74) is 13.3. The molecule has 2 rings (SSSR count). The summed E-state index contributed by atoms with van der Waals surface area (Å²) in [6.45, 7) is 1.98. The fourth-order valence-corrected chi connectivity index (χ4v) is 2.11. The lowest BCUT2D eigenvalue weighted by Gasteiger charge is -1.98. The molecular formula is C8H10N3P. The van der Waals surface area contributed by atoms with Crippen LogP contribution in [0.3, 0.4) is 0 Å². The summed E-state index contributed by atoms with van der Waals surface area (Å²) in [6.07, 6.45) is 0. The largest absolute Gasteiger partial charge is 0.398 e. The van der Waals surface area contributed by atoms with Gasteiger partial charge in [0.15, 0.2) is 0 Å². The van der Waals surface area contributed by atoms with E-state index in [1.165, 1.54) is 0 Å². The Kier molecular flexibility index (Phi) is 1.48. The van der Waals surface area contributed by atoms with Crippen LogP contribution in [0.1, 0.15) is 5.56 Å². The van der Waals surface area contributed by atoms with Crippen LogP contribution >= 0.6 is 8.35 Å². The van der Waals surface area contributed by atoms with Gasteiger partial charge in [-0.2, -0.15) is 0 Å². The number of nitrogen functional groups attached to an aromatic ring is 2. The lowest BCUT2D eigenvalue weighted by Crippen LogP contribution is -1.89. The molecular weight excluding hydrogens is 169 g/mol. The molecule has 62 valence electrons. The van der Waals surface area contributed by atoms with Crippen molar-refractivity contribution in [3.8, 4) is 0 Å². The molecule has 0 aliphatic heterocycles. The van der Waals surface area contributed by atoms with E-state index in [4.69, 9.17) is 11.5 Å². The van der Waals surface area contributed by atoms with Crippen LogP contribution in [0.2, 0.25) is 0 Å². The number of fused-ring (bicyclic) bond motifs is 1. The van der Waals surface area contributed by atoms with Gasteiger partial charge in [-0.3, -0.25) is 0 Å². The molecule has 3 nitrogen and oxygen atoms in total. The molecule has 1 unspecified atom stereocenters. The van der Waals surface area contributed by atoms with Crippen LogP contribution in [0.15, 0.2) is 12.1 Å². The van der Waals surface area contributed by atoms with E-state index in [0.29, 0.717) is 14.2 Å². The van der Waals surface area contributed by atoms with E-state index < -0.39 is 0 Å². The Bertz CT molecular complexity index is 433. The molecule has 4 heteroatoms. The number of hydrogen-bond acceptors (Lipinski definition) is 3. The van der Waals surface area contributed by atoms with Crippen molar-refractivity contribution in [2.75, 3.05) is 11.5 Å². The highest BCUT2D eigenvalue weighted by Crippen LogP contribution is 2.31. The van der Waals surface area contributed by atoms with Crippen LogP contribution in [0.25, 0.3) is 10.5 Å². The first-order valence-electron chi connectivity index (χ1n) is 3.68. The lowest BCUT2D eigenvalue weighted by molar-refractivity contribution is 1.50. The van der Waals surface area contributed by atoms with E-state index in [1.54, 1.807) is 0 Å². The van der Waals surface area contributed by atoms with Crippen molar-refractivity contribution in [1.82, 2.24) is 4.75 Å². The molecule has 0 saturated carbocycles. The Morgan fingerprint density at radius 2 is 2.08 bits per heavy atom. The third-order valence-electron chi connectivity index (χ3n) is 1.98. The molecule has 1 heterocycles. The molecule has 1 aromatic heterocycles. The maximum Gasteiger partial charge on any atom is 0.135 e. The van der Waals surface area contributed by atoms with E-state index in [0.717, 1.165) is 21.8 Å². The van der Waals surface area contributed by atoms with Crippen LogP contribution in [0.5, 0.6) is 0 Å². The Labute approximate surface area is 71.9 Å². The van der Waals surface area contributed by atoms with Gasteiger partial charge in [0, 0.05) is 16.2 Å². The van der Waals surface area contributed by atoms with Crippen molar-refractivity contribution >= 4 is 30.4 Å². The minimum absolute atomic E-state index is 0.436. The van der Waals surface area contributed by atoms with Gasteiger partial charge in [0.05, 0.1) is 0 Å². The molecule has 0 spiro atoms. The van der Waals surface area contributed by atoms with Gasteiger partial charge in [-0.05, 0) is 33.0 Å². The average molecular weight is 179 g/mol. The van der Waals surface area contributed by atoms with E-state index in [-0.39, 0.29) is 0 Å². The Hall–Kier alpha value is -1.21. The summed E-state index contributed by atoms with van der Waals surface area (Å²) in [4.78, 5) is 0. The first-order chi connectivity index (χ1) is 5.68. The van der Waals surface area contributed by atoms with Crippen LogP contribution in [0.4, 0.5) is 11.5 Å². The van der Waals surface area contributed by atoms with Gasteiger partial charge in [0.1, 0.15) is 5.82 Å². The molecule has 0 aliphatic carbocycles. The second-order valence-electron chi connectivity index (χ2n) is 2.86. The highest BCUT2D eigenvalue weighted by Gasteiger charge is 2.03. The van der Waals surface area contributed by atoms with E-state index in [1.807, 2.05) is 19.1 Å². The topological polar surface area (TPSA) is 64.9 Å². The first-order valence-corrected chi connectivity index (χ1v) is 4.63. The smallest absolute Gasteiger partial charge is 0.135 e. The average Bonchev–Trinajstić information content (AvgIpc) is 2.35. The third kappa shape index (κ3) is 0.942. The number of aryl methyl sites for hydroxylation is 1. The molecule has 0 amide bonds. The summed E-state index contributed by atoms with van der Waals surface area (Å²) < 4.78 is 4.15. The summed E-state index contributed by atoms with van der Waals surface area (Å²) in [6, 6.07) is 3.97. The molecule has 0 saturated heterocycles. The van der Waals surface area contributed by atoms with E-state index in [9.17, 15) is 0 Å². The van der Waals surface area contributed by atoms with Gasteiger partial charge in [0.25, 0.3) is 0 Å². The number of benzene rings is 1. The number of rotatable bonds is 0. The zero-order valence-electron chi connectivity index (χ0n) is 6.76. The Morgan fingerprint density at radius 1 is 1.33 bits per heavy atom. The van der Waals surface area contributed by atoms with Crippen molar-refractivity contribution in [3.63, 3.8) is 0 Å². The van der Waals surface area contributed by atoms with Crippen molar-refractivity contribution in [3.05, 3.63) is 17.7 Å². The molecule has 1 atom stereocenters. The molecule has 1 aromatic carbocycles. The number of hydrogen-bond donors (Lipinski definition) is 2. The fourth-order valence-electron chi connectivity index (χ4n) is 1.21. The standard InChI is InChI=1S/C8H10N3P/c1-4-2-5-7(3-6(4)9)12-11-8(5)10/h2-3,12H,9H2,1H3,(H2,10,11). The summed E-state index contributed by atoms with van der Waals surface area (Å²) in [7, 11) is 0.436. The van der Waals surface area contributed by atoms with E-state index in [2.05, 4.69) is 4.75 Å². The molecule has 12 heavy (non-hydrogen) atoms. The van der Waals surface area contributed by atoms with Crippen LogP contribution in [-0.2, 0) is 0 Å². The Balaban J connectivity index is 2.87. The second-order valence-corrected chi connectivity index (χ2v) is 3.85. The predicted molar refractivity (Wildman–Crippen MR) is 54.8 cm³/mol. The van der Waals surface area contributed by atoms with Crippen molar-refractivity contribution < 1.29 is 0 Å². The monoisotopic (exact) mass is 179 g/mol. The number of nitrogens with zero attached hydrogens (tertiary/aromatic N) is 1. The van der Waals surface area contributed by atoms with Crippen molar-refractivity contribution in [1.29, 1.82) is 0 Å². The first kappa shape index (κ1) is 7.44. The summed E-state index contributed by atoms with van der Waals surface area (Å²) in [5, 5.41) is 2.22. The number of nitrogens with two attached hydrogens (primary N) is 2. The minimum Gasteiger partial charge on any atom is -0.398 e. The summed E-state index contributed by atoms with van der Waals surface area (Å²) >= 11 is 0. The van der Waals surface area contributed by atoms with Crippen molar-refractivity contribution in [2.45, 2.75) is 6.92 Å². The molecule has 4 N–H and O–H groups in total. The van der Waals surface area contributed by atoms with Gasteiger partial charge in [-0.15, -0.1) is 0 Å². The molecule has 0 bridgehead atoms. The van der Waals surface area contributed by atoms with Crippen LogP contribution in [-0.4, -0.2) is 4.75 Å². The summed E-state index contributed by atoms with van der Waals surface area (Å²) in [5.74, 6) is 0.645. The van der Waals surface area contributed by atoms with Crippen molar-refractivity contribution in [2.24, 2.45) is 0 Å². The van der Waals surface area contributed by atoms with Gasteiger partial charge in [0.2, 0.25) is 0 Å². The van der Waals surface area contributed by atoms with Gasteiger partial charge in [-0.25, -0.2) is 4.75 Å². The quantitative estimate of drug-likeness (QED) is 0.605. The SMILES string of the molecule is Cc1cc2c(N)n[pH]c2cc1N.